The van der Waals surface area contributed by atoms with Crippen LogP contribution in [0.5, 0.6) is 5.75 Å². The van der Waals surface area contributed by atoms with Crippen LogP contribution in [0.1, 0.15) is 30.0 Å². The zero-order valence-electron chi connectivity index (χ0n) is 12.1. The van der Waals surface area contributed by atoms with Crippen molar-refractivity contribution in [1.29, 1.82) is 0 Å². The number of benzene rings is 1. The first-order valence-electron chi connectivity index (χ1n) is 6.62. The highest BCUT2D eigenvalue weighted by molar-refractivity contribution is 5.43. The number of nitrogens with one attached hydrogen (secondary N) is 1. The average molecular weight is 247 g/mol. The summed E-state index contributed by atoms with van der Waals surface area (Å²) in [7, 11) is 0. The van der Waals surface area contributed by atoms with Crippen LogP contribution in [-0.4, -0.2) is 19.7 Å². The van der Waals surface area contributed by atoms with Gasteiger partial charge < -0.3 is 10.1 Å². The lowest BCUT2D eigenvalue weighted by Crippen LogP contribution is -2.20. The van der Waals surface area contributed by atoms with Gasteiger partial charge in [-0.3, -0.25) is 0 Å². The lowest BCUT2D eigenvalue weighted by molar-refractivity contribution is 0.343. The molecule has 0 unspecified atom stereocenters. The molecule has 0 aliphatic rings. The van der Waals surface area contributed by atoms with E-state index in [9.17, 15) is 0 Å². The van der Waals surface area contributed by atoms with Crippen molar-refractivity contribution in [2.24, 2.45) is 0 Å². The molecular formula is C16H25NO. The van der Waals surface area contributed by atoms with Gasteiger partial charge in [-0.05, 0) is 50.4 Å². The van der Waals surface area contributed by atoms with E-state index in [0.717, 1.165) is 30.8 Å². The van der Waals surface area contributed by atoms with Gasteiger partial charge in [0.25, 0.3) is 0 Å². The molecule has 18 heavy (non-hydrogen) atoms. The molecule has 0 spiro atoms. The molecule has 100 valence electrons. The van der Waals surface area contributed by atoms with Gasteiger partial charge in [0, 0.05) is 6.54 Å². The highest BCUT2D eigenvalue weighted by Gasteiger charge is 2.05. The Morgan fingerprint density at radius 2 is 1.83 bits per heavy atom. The van der Waals surface area contributed by atoms with Crippen molar-refractivity contribution in [3.63, 3.8) is 0 Å². The van der Waals surface area contributed by atoms with Crippen LogP contribution in [-0.2, 0) is 0 Å². The fourth-order valence-corrected chi connectivity index (χ4v) is 2.06. The quantitative estimate of drug-likeness (QED) is 0.588. The van der Waals surface area contributed by atoms with Crippen molar-refractivity contribution in [3.05, 3.63) is 41.0 Å². The van der Waals surface area contributed by atoms with Gasteiger partial charge in [-0.1, -0.05) is 31.2 Å². The number of rotatable bonds is 7. The van der Waals surface area contributed by atoms with Crippen LogP contribution >= 0.6 is 0 Å². The van der Waals surface area contributed by atoms with Gasteiger partial charge in [0.15, 0.2) is 0 Å². The van der Waals surface area contributed by atoms with Crippen LogP contribution in [0.3, 0.4) is 0 Å². The van der Waals surface area contributed by atoms with Crippen LogP contribution in [0.2, 0.25) is 0 Å². The van der Waals surface area contributed by atoms with Gasteiger partial charge in [-0.25, -0.2) is 0 Å². The van der Waals surface area contributed by atoms with E-state index in [0.29, 0.717) is 6.61 Å². The molecule has 0 radical (unpaired) electrons. The Hall–Kier alpha value is -1.28. The standard InChI is InChI=1S/C16H25NO/c1-6-7-17-10-13(3)11-18-16-14(4)8-12(2)9-15(16)5/h8-9,17H,3,6-7,10-11H2,1-2,4-5H3. The van der Waals surface area contributed by atoms with Crippen LogP contribution in [0.25, 0.3) is 0 Å². The molecule has 0 aliphatic heterocycles. The summed E-state index contributed by atoms with van der Waals surface area (Å²) < 4.78 is 5.88. The van der Waals surface area contributed by atoms with Gasteiger partial charge >= 0.3 is 0 Å². The highest BCUT2D eigenvalue weighted by Crippen LogP contribution is 2.24. The average Bonchev–Trinajstić information content (AvgIpc) is 2.27. The van der Waals surface area contributed by atoms with Crippen molar-refractivity contribution in [3.8, 4) is 5.75 Å². The number of hydrogen-bond donors (Lipinski definition) is 1. The summed E-state index contributed by atoms with van der Waals surface area (Å²) in [5, 5.41) is 3.33. The molecule has 0 heterocycles. The fourth-order valence-electron chi connectivity index (χ4n) is 2.06. The van der Waals surface area contributed by atoms with Crippen LogP contribution in [0.15, 0.2) is 24.3 Å². The molecule has 0 bridgehead atoms. The minimum absolute atomic E-state index is 0.585. The van der Waals surface area contributed by atoms with E-state index >= 15 is 0 Å². The van der Waals surface area contributed by atoms with Gasteiger partial charge in [0.05, 0.1) is 0 Å². The zero-order valence-corrected chi connectivity index (χ0v) is 12.1. The van der Waals surface area contributed by atoms with Gasteiger partial charge in [-0.15, -0.1) is 0 Å². The number of hydrogen-bond acceptors (Lipinski definition) is 2. The van der Waals surface area contributed by atoms with Crippen LogP contribution < -0.4 is 10.1 Å². The Morgan fingerprint density at radius 3 is 2.39 bits per heavy atom. The predicted octanol–water partition coefficient (Wildman–Crippen LogP) is 3.55. The second-order valence-electron chi connectivity index (χ2n) is 4.94. The highest BCUT2D eigenvalue weighted by atomic mass is 16.5. The van der Waals surface area contributed by atoms with E-state index in [2.05, 4.69) is 51.7 Å². The third-order valence-corrected chi connectivity index (χ3v) is 2.83. The molecule has 0 saturated heterocycles. The summed E-state index contributed by atoms with van der Waals surface area (Å²) in [6.07, 6.45) is 1.14. The van der Waals surface area contributed by atoms with E-state index in [1.807, 2.05) is 0 Å². The van der Waals surface area contributed by atoms with Gasteiger partial charge in [-0.2, -0.15) is 0 Å². The summed E-state index contributed by atoms with van der Waals surface area (Å²) in [6, 6.07) is 4.31. The van der Waals surface area contributed by atoms with Crippen molar-refractivity contribution >= 4 is 0 Å². The van der Waals surface area contributed by atoms with Gasteiger partial charge in [0.2, 0.25) is 0 Å². The Bertz CT molecular complexity index is 387. The SMILES string of the molecule is C=C(CNCCC)COc1c(C)cc(C)cc1C. The summed E-state index contributed by atoms with van der Waals surface area (Å²) in [5.74, 6) is 0.997. The molecule has 2 heteroatoms. The monoisotopic (exact) mass is 247 g/mol. The predicted molar refractivity (Wildman–Crippen MR) is 78.4 cm³/mol. The molecule has 1 N–H and O–H groups in total. The van der Waals surface area contributed by atoms with E-state index in [1.165, 1.54) is 16.7 Å². The zero-order chi connectivity index (χ0) is 13.5. The Morgan fingerprint density at radius 1 is 1.22 bits per heavy atom. The summed E-state index contributed by atoms with van der Waals surface area (Å²) >= 11 is 0. The number of aryl methyl sites for hydroxylation is 3. The summed E-state index contributed by atoms with van der Waals surface area (Å²) in [5.41, 5.74) is 4.76. The largest absolute Gasteiger partial charge is 0.489 e. The first kappa shape index (κ1) is 14.8. The molecule has 0 saturated carbocycles. The maximum atomic E-state index is 5.88. The third kappa shape index (κ3) is 4.53. The molecule has 2 nitrogen and oxygen atoms in total. The first-order valence-corrected chi connectivity index (χ1v) is 6.62. The molecule has 0 aliphatic carbocycles. The minimum atomic E-state index is 0.585. The summed E-state index contributed by atoms with van der Waals surface area (Å²) in [6.45, 7) is 14.9. The second-order valence-corrected chi connectivity index (χ2v) is 4.94. The Balaban J connectivity index is 2.51. The molecule has 1 aromatic rings. The second kappa shape index (κ2) is 7.22. The lowest BCUT2D eigenvalue weighted by Gasteiger charge is -2.14. The van der Waals surface area contributed by atoms with Gasteiger partial charge in [0.1, 0.15) is 12.4 Å². The van der Waals surface area contributed by atoms with E-state index in [1.54, 1.807) is 0 Å². The molecule has 0 atom stereocenters. The Labute approximate surface area is 111 Å². The van der Waals surface area contributed by atoms with E-state index in [4.69, 9.17) is 4.74 Å². The van der Waals surface area contributed by atoms with E-state index in [-0.39, 0.29) is 0 Å². The summed E-state index contributed by atoms with van der Waals surface area (Å²) in [4.78, 5) is 0. The molecule has 1 rings (SSSR count). The van der Waals surface area contributed by atoms with Crippen LogP contribution in [0.4, 0.5) is 0 Å². The maximum Gasteiger partial charge on any atom is 0.125 e. The smallest absolute Gasteiger partial charge is 0.125 e. The topological polar surface area (TPSA) is 21.3 Å². The normalized spacial score (nSPS) is 10.4. The third-order valence-electron chi connectivity index (χ3n) is 2.83. The minimum Gasteiger partial charge on any atom is -0.489 e. The number of ether oxygens (including phenoxy) is 1. The molecule has 1 aromatic carbocycles. The van der Waals surface area contributed by atoms with Crippen molar-refractivity contribution < 1.29 is 4.74 Å². The van der Waals surface area contributed by atoms with Crippen molar-refractivity contribution in [2.75, 3.05) is 19.7 Å². The Kier molecular flexibility index (Phi) is 5.93. The molecular weight excluding hydrogens is 222 g/mol. The molecule has 0 aromatic heterocycles. The molecule has 0 amide bonds. The van der Waals surface area contributed by atoms with Crippen LogP contribution in [0, 0.1) is 20.8 Å². The lowest BCUT2D eigenvalue weighted by atomic mass is 10.1. The fraction of sp³-hybridized carbons (Fsp3) is 0.500. The molecule has 0 fully saturated rings. The van der Waals surface area contributed by atoms with Crippen molar-refractivity contribution in [1.82, 2.24) is 5.32 Å². The van der Waals surface area contributed by atoms with E-state index < -0.39 is 0 Å². The maximum absolute atomic E-state index is 5.88. The first-order chi connectivity index (χ1) is 8.54. The van der Waals surface area contributed by atoms with Crippen molar-refractivity contribution in [2.45, 2.75) is 34.1 Å².